The lowest BCUT2D eigenvalue weighted by Gasteiger charge is -2.20. The molecule has 110 valence electrons. The molecule has 0 spiro atoms. The van der Waals surface area contributed by atoms with Crippen molar-refractivity contribution >= 4 is 10.8 Å². The highest BCUT2D eigenvalue weighted by atomic mass is 32.2. The van der Waals surface area contributed by atoms with Gasteiger partial charge in [0.05, 0.1) is 6.61 Å². The molecule has 0 amide bonds. The van der Waals surface area contributed by atoms with Crippen LogP contribution in [0.4, 0.5) is 0 Å². The Morgan fingerprint density at radius 2 is 1.67 bits per heavy atom. The predicted molar refractivity (Wildman–Crippen MR) is 80.5 cm³/mol. The quantitative estimate of drug-likeness (QED) is 0.693. The molecule has 0 aliphatic rings. The zero-order valence-electron chi connectivity index (χ0n) is 13.0. The third-order valence-electron chi connectivity index (χ3n) is 2.18. The van der Waals surface area contributed by atoms with Crippen LogP contribution < -0.4 is 5.32 Å². The van der Waals surface area contributed by atoms with Crippen LogP contribution in [-0.4, -0.2) is 41.0 Å². The fourth-order valence-corrected chi connectivity index (χ4v) is 2.32. The fraction of sp³-hybridized carbons (Fsp3) is 1.00. The van der Waals surface area contributed by atoms with Gasteiger partial charge in [-0.3, -0.25) is 4.21 Å². The minimum atomic E-state index is -0.722. The van der Waals surface area contributed by atoms with Gasteiger partial charge in [-0.1, -0.05) is 20.8 Å². The van der Waals surface area contributed by atoms with E-state index >= 15 is 0 Å². The maximum absolute atomic E-state index is 11.7. The van der Waals surface area contributed by atoms with E-state index in [1.165, 1.54) is 0 Å². The molecule has 0 aliphatic carbocycles. The number of rotatable bonds is 8. The summed E-state index contributed by atoms with van der Waals surface area (Å²) in [6.07, 6.45) is 0.887. The van der Waals surface area contributed by atoms with Crippen molar-refractivity contribution in [3.05, 3.63) is 0 Å². The summed E-state index contributed by atoms with van der Waals surface area (Å²) in [4.78, 5) is 0. The smallest absolute Gasteiger partial charge is 0.0514 e. The normalized spacial score (nSPS) is 14.8. The van der Waals surface area contributed by atoms with Crippen molar-refractivity contribution in [2.45, 2.75) is 53.5 Å². The first-order valence-electron chi connectivity index (χ1n) is 6.78. The maximum Gasteiger partial charge on any atom is 0.0514 e. The molecule has 0 aromatic carbocycles. The molecule has 1 unspecified atom stereocenters. The Morgan fingerprint density at radius 1 is 1.06 bits per heavy atom. The van der Waals surface area contributed by atoms with Gasteiger partial charge in [0.15, 0.2) is 0 Å². The van der Waals surface area contributed by atoms with Gasteiger partial charge >= 0.3 is 0 Å². The van der Waals surface area contributed by atoms with Gasteiger partial charge in [0.1, 0.15) is 0 Å². The highest BCUT2D eigenvalue weighted by molar-refractivity contribution is 7.84. The Labute approximate surface area is 116 Å². The summed E-state index contributed by atoms with van der Waals surface area (Å²) in [7, 11) is -0.722. The fourth-order valence-electron chi connectivity index (χ4n) is 1.34. The first-order chi connectivity index (χ1) is 8.10. The van der Waals surface area contributed by atoms with Gasteiger partial charge in [0.25, 0.3) is 0 Å². The van der Waals surface area contributed by atoms with Gasteiger partial charge in [-0.15, -0.1) is 0 Å². The molecule has 18 heavy (non-hydrogen) atoms. The summed E-state index contributed by atoms with van der Waals surface area (Å²) in [5.74, 6) is 1.48. The average molecular weight is 277 g/mol. The first-order valence-corrected chi connectivity index (χ1v) is 8.27. The van der Waals surface area contributed by atoms with Gasteiger partial charge in [-0.05, 0) is 32.6 Å². The number of hydrogen-bond acceptors (Lipinski definition) is 3. The van der Waals surface area contributed by atoms with E-state index < -0.39 is 10.8 Å². The lowest BCUT2D eigenvalue weighted by molar-refractivity contribution is 0.0721. The van der Waals surface area contributed by atoms with Gasteiger partial charge in [0.2, 0.25) is 0 Å². The number of hydrogen-bond donors (Lipinski definition) is 1. The monoisotopic (exact) mass is 277 g/mol. The second kappa shape index (κ2) is 8.28. The van der Waals surface area contributed by atoms with Crippen molar-refractivity contribution in [3.63, 3.8) is 0 Å². The average Bonchev–Trinajstić information content (AvgIpc) is 2.13. The van der Waals surface area contributed by atoms with Crippen molar-refractivity contribution in [1.29, 1.82) is 0 Å². The van der Waals surface area contributed by atoms with Crippen LogP contribution in [0.3, 0.4) is 0 Å². The summed E-state index contributed by atoms with van der Waals surface area (Å²) in [6.45, 7) is 15.1. The third-order valence-corrected chi connectivity index (χ3v) is 3.58. The molecule has 0 aliphatic heterocycles. The zero-order valence-corrected chi connectivity index (χ0v) is 13.8. The van der Waals surface area contributed by atoms with E-state index in [0.717, 1.165) is 37.7 Å². The van der Waals surface area contributed by atoms with Crippen molar-refractivity contribution < 1.29 is 8.95 Å². The molecular weight excluding hydrogens is 246 g/mol. The minimum absolute atomic E-state index is 0.111. The molecule has 0 saturated carbocycles. The van der Waals surface area contributed by atoms with Crippen LogP contribution in [-0.2, 0) is 15.5 Å². The predicted octanol–water partition coefficient (Wildman–Crippen LogP) is 2.58. The molecule has 0 aromatic rings. The van der Waals surface area contributed by atoms with Gasteiger partial charge in [-0.2, -0.15) is 0 Å². The second-order valence-corrected chi connectivity index (χ2v) is 8.69. The van der Waals surface area contributed by atoms with Gasteiger partial charge in [-0.25, -0.2) is 0 Å². The topological polar surface area (TPSA) is 38.3 Å². The molecule has 4 heteroatoms. The Balaban J connectivity index is 3.44. The summed E-state index contributed by atoms with van der Waals surface area (Å²) in [5, 5.41) is 3.35. The van der Waals surface area contributed by atoms with Crippen LogP contribution in [0, 0.1) is 5.41 Å². The van der Waals surface area contributed by atoms with Crippen molar-refractivity contribution in [2.75, 3.05) is 31.3 Å². The highest BCUT2D eigenvalue weighted by Crippen LogP contribution is 2.12. The summed E-state index contributed by atoms with van der Waals surface area (Å²) in [5.41, 5.74) is 0.329. The summed E-state index contributed by atoms with van der Waals surface area (Å²) >= 11 is 0. The molecule has 0 fully saturated rings. The number of nitrogens with one attached hydrogen (secondary N) is 1. The van der Waals surface area contributed by atoms with Gasteiger partial charge < -0.3 is 10.1 Å². The summed E-state index contributed by atoms with van der Waals surface area (Å²) in [6, 6.07) is 0. The molecular formula is C14H31NO2S. The first kappa shape index (κ1) is 18.1. The van der Waals surface area contributed by atoms with Crippen LogP contribution in [0.15, 0.2) is 0 Å². The van der Waals surface area contributed by atoms with Crippen LogP contribution in [0.2, 0.25) is 0 Å². The van der Waals surface area contributed by atoms with Crippen LogP contribution in [0.25, 0.3) is 0 Å². The van der Waals surface area contributed by atoms with E-state index in [1.807, 2.05) is 0 Å². The molecule has 0 rings (SSSR count). The minimum Gasteiger partial charge on any atom is -0.381 e. The van der Waals surface area contributed by atoms with E-state index in [1.54, 1.807) is 0 Å². The lowest BCUT2D eigenvalue weighted by atomic mass is 9.99. The molecule has 0 aromatic heterocycles. The molecule has 0 radical (unpaired) electrons. The van der Waals surface area contributed by atoms with Crippen molar-refractivity contribution in [1.82, 2.24) is 5.32 Å². The van der Waals surface area contributed by atoms with Gasteiger partial charge in [0, 0.05) is 41.0 Å². The van der Waals surface area contributed by atoms with E-state index in [0.29, 0.717) is 0 Å². The zero-order chi connectivity index (χ0) is 14.2. The second-order valence-electron chi connectivity index (χ2n) is 6.99. The highest BCUT2D eigenvalue weighted by Gasteiger charge is 2.10. The van der Waals surface area contributed by atoms with Crippen molar-refractivity contribution in [3.8, 4) is 0 Å². The van der Waals surface area contributed by atoms with E-state index in [-0.39, 0.29) is 11.0 Å². The molecule has 3 nitrogen and oxygen atoms in total. The van der Waals surface area contributed by atoms with E-state index in [2.05, 4.69) is 46.9 Å². The van der Waals surface area contributed by atoms with Crippen LogP contribution >= 0.6 is 0 Å². The molecule has 1 atom stereocenters. The standard InChI is InChI=1S/C14H31NO2S/c1-13(2,3)12-17-9-7-10-18(16)11-8-15-14(4,5)6/h15H,7-12H2,1-6H3. The Kier molecular flexibility index (Phi) is 8.31. The Hall–Kier alpha value is 0.0700. The van der Waals surface area contributed by atoms with Crippen LogP contribution in [0.5, 0.6) is 0 Å². The molecule has 1 N–H and O–H groups in total. The van der Waals surface area contributed by atoms with E-state index in [9.17, 15) is 4.21 Å². The molecule has 0 saturated heterocycles. The summed E-state index contributed by atoms with van der Waals surface area (Å²) < 4.78 is 17.3. The molecule has 0 heterocycles. The van der Waals surface area contributed by atoms with E-state index in [4.69, 9.17) is 4.74 Å². The Morgan fingerprint density at radius 3 is 2.17 bits per heavy atom. The van der Waals surface area contributed by atoms with Crippen LogP contribution in [0.1, 0.15) is 48.0 Å². The Bertz CT molecular complexity index is 241. The van der Waals surface area contributed by atoms with Crippen molar-refractivity contribution in [2.24, 2.45) is 5.41 Å². The maximum atomic E-state index is 11.7. The third kappa shape index (κ3) is 14.1. The SMILES string of the molecule is CC(C)(C)COCCCS(=O)CCNC(C)(C)C. The largest absolute Gasteiger partial charge is 0.381 e. The lowest BCUT2D eigenvalue weighted by Crippen LogP contribution is -2.38. The number of ether oxygens (including phenoxy) is 1. The molecule has 0 bridgehead atoms.